The highest BCUT2D eigenvalue weighted by Gasteiger charge is 2.17. The lowest BCUT2D eigenvalue weighted by Crippen LogP contribution is -2.23. The third-order valence-corrected chi connectivity index (χ3v) is 4.63. The molecule has 0 saturated heterocycles. The molecule has 0 fully saturated rings. The largest absolute Gasteiger partial charge is 0.497 e. The lowest BCUT2D eigenvalue weighted by molar-refractivity contribution is 0.0949. The van der Waals surface area contributed by atoms with Gasteiger partial charge in [-0.1, -0.05) is 25.4 Å². The van der Waals surface area contributed by atoms with Gasteiger partial charge in [0, 0.05) is 11.1 Å². The average Bonchev–Trinajstić information content (AvgIpc) is 3.25. The fourth-order valence-corrected chi connectivity index (χ4v) is 3.02. The minimum Gasteiger partial charge on any atom is -0.497 e. The molecule has 0 unspecified atom stereocenters. The zero-order chi connectivity index (χ0) is 22.4. The summed E-state index contributed by atoms with van der Waals surface area (Å²) in [6.07, 6.45) is 0. The molecule has 0 radical (unpaired) electrons. The Morgan fingerprint density at radius 2 is 1.90 bits per heavy atom. The first-order valence-corrected chi connectivity index (χ1v) is 10.1. The first kappa shape index (κ1) is 22.4. The molecular formula is C22H25ClN4O4. The van der Waals surface area contributed by atoms with Crippen molar-refractivity contribution < 1.29 is 19.0 Å². The van der Waals surface area contributed by atoms with Gasteiger partial charge in [0.15, 0.2) is 17.3 Å². The van der Waals surface area contributed by atoms with Crippen molar-refractivity contribution in [1.82, 2.24) is 20.5 Å². The maximum Gasteiger partial charge on any atom is 0.251 e. The van der Waals surface area contributed by atoms with E-state index in [2.05, 4.69) is 20.5 Å². The molecule has 0 spiro atoms. The number of benzene rings is 2. The maximum absolute atomic E-state index is 12.6. The van der Waals surface area contributed by atoms with E-state index in [0.29, 0.717) is 46.3 Å². The molecule has 9 heteroatoms. The van der Waals surface area contributed by atoms with E-state index in [1.165, 1.54) is 7.11 Å². The molecule has 31 heavy (non-hydrogen) atoms. The molecule has 3 rings (SSSR count). The Kier molecular flexibility index (Phi) is 7.36. The van der Waals surface area contributed by atoms with E-state index in [9.17, 15) is 4.79 Å². The highest BCUT2D eigenvalue weighted by Crippen LogP contribution is 2.36. The van der Waals surface area contributed by atoms with E-state index in [0.717, 1.165) is 11.3 Å². The number of methoxy groups -OCH3 is 2. The summed E-state index contributed by atoms with van der Waals surface area (Å²) < 4.78 is 16.2. The van der Waals surface area contributed by atoms with Crippen LogP contribution < -0.4 is 19.5 Å². The van der Waals surface area contributed by atoms with Crippen molar-refractivity contribution in [1.29, 1.82) is 0 Å². The van der Waals surface area contributed by atoms with E-state index < -0.39 is 0 Å². The van der Waals surface area contributed by atoms with Crippen LogP contribution in [0.25, 0.3) is 11.4 Å². The first-order chi connectivity index (χ1) is 14.9. The monoisotopic (exact) mass is 444 g/mol. The second-order valence-electron chi connectivity index (χ2n) is 7.21. The summed E-state index contributed by atoms with van der Waals surface area (Å²) in [5.74, 6) is 2.64. The molecule has 0 aliphatic rings. The maximum atomic E-state index is 12.6. The molecular weight excluding hydrogens is 420 g/mol. The molecule has 1 heterocycles. The van der Waals surface area contributed by atoms with Gasteiger partial charge in [-0.15, -0.1) is 0 Å². The van der Waals surface area contributed by atoms with Crippen LogP contribution in [-0.2, 0) is 6.54 Å². The Morgan fingerprint density at radius 1 is 1.16 bits per heavy atom. The number of aromatic nitrogens is 3. The molecule has 0 aliphatic heterocycles. The van der Waals surface area contributed by atoms with Crippen LogP contribution in [0.3, 0.4) is 0 Å². The van der Waals surface area contributed by atoms with Crippen molar-refractivity contribution in [2.45, 2.75) is 20.4 Å². The lowest BCUT2D eigenvalue weighted by atomic mass is 10.1. The molecule has 2 N–H and O–H groups in total. The topological polar surface area (TPSA) is 98.4 Å². The van der Waals surface area contributed by atoms with Gasteiger partial charge in [-0.2, -0.15) is 5.10 Å². The van der Waals surface area contributed by atoms with E-state index in [1.807, 2.05) is 38.1 Å². The van der Waals surface area contributed by atoms with Crippen molar-refractivity contribution in [2.24, 2.45) is 5.92 Å². The third-order valence-electron chi connectivity index (χ3n) is 4.35. The summed E-state index contributed by atoms with van der Waals surface area (Å²) in [5, 5.41) is 10.1. The van der Waals surface area contributed by atoms with Crippen LogP contribution >= 0.6 is 11.6 Å². The van der Waals surface area contributed by atoms with Crippen LogP contribution in [0.4, 0.5) is 0 Å². The summed E-state index contributed by atoms with van der Waals surface area (Å²) in [6.45, 7) is 4.73. The minimum atomic E-state index is -0.321. The van der Waals surface area contributed by atoms with Gasteiger partial charge in [-0.25, -0.2) is 4.98 Å². The second kappa shape index (κ2) is 10.2. The molecule has 2 aromatic carbocycles. The van der Waals surface area contributed by atoms with Gasteiger partial charge in [0.1, 0.15) is 11.6 Å². The van der Waals surface area contributed by atoms with Crippen LogP contribution in [0.15, 0.2) is 36.4 Å². The average molecular weight is 445 g/mol. The fourth-order valence-electron chi connectivity index (χ4n) is 2.75. The smallest absolute Gasteiger partial charge is 0.251 e. The molecule has 1 amide bonds. The number of hydrogen-bond acceptors (Lipinski definition) is 6. The SMILES string of the molecule is COc1ccc(-c2n[nH]c(CNC(=O)c3cc(Cl)c(OCC(C)C)c(OC)c3)n2)cc1. The lowest BCUT2D eigenvalue weighted by Gasteiger charge is -2.15. The quantitative estimate of drug-likeness (QED) is 0.515. The van der Waals surface area contributed by atoms with Gasteiger partial charge >= 0.3 is 0 Å². The number of aromatic amines is 1. The number of ether oxygens (including phenoxy) is 3. The molecule has 8 nitrogen and oxygen atoms in total. The van der Waals surface area contributed by atoms with Gasteiger partial charge < -0.3 is 19.5 Å². The Balaban J connectivity index is 1.66. The summed E-state index contributed by atoms with van der Waals surface area (Å²) in [6, 6.07) is 10.5. The number of H-pyrrole nitrogens is 1. The van der Waals surface area contributed by atoms with Crippen LogP contribution in [0.1, 0.15) is 30.0 Å². The van der Waals surface area contributed by atoms with Crippen molar-refractivity contribution in [3.63, 3.8) is 0 Å². The predicted octanol–water partition coefficient (Wildman–Crippen LogP) is 4.11. The Bertz CT molecular complexity index is 1030. The van der Waals surface area contributed by atoms with Crippen LogP contribution in [0, 0.1) is 5.92 Å². The van der Waals surface area contributed by atoms with Gasteiger partial charge in [-0.3, -0.25) is 9.89 Å². The molecule has 0 saturated carbocycles. The number of hydrogen-bond donors (Lipinski definition) is 2. The Hall–Kier alpha value is -3.26. The highest BCUT2D eigenvalue weighted by molar-refractivity contribution is 6.32. The van der Waals surface area contributed by atoms with Crippen LogP contribution in [-0.4, -0.2) is 41.9 Å². The zero-order valence-electron chi connectivity index (χ0n) is 17.9. The van der Waals surface area contributed by atoms with E-state index in [-0.39, 0.29) is 12.5 Å². The standard InChI is InChI=1S/C22H25ClN4O4/c1-13(2)12-31-20-17(23)9-15(10-18(20)30-4)22(28)24-11-19-25-21(27-26-19)14-5-7-16(29-3)8-6-14/h5-10,13H,11-12H2,1-4H3,(H,24,28)(H,25,26,27). The van der Waals surface area contributed by atoms with Crippen molar-refractivity contribution >= 4 is 17.5 Å². The van der Waals surface area contributed by atoms with Crippen LogP contribution in [0.2, 0.25) is 5.02 Å². The second-order valence-corrected chi connectivity index (χ2v) is 7.62. The molecule has 3 aromatic rings. The molecule has 164 valence electrons. The molecule has 0 aliphatic carbocycles. The first-order valence-electron chi connectivity index (χ1n) is 9.75. The predicted molar refractivity (Wildman–Crippen MR) is 118 cm³/mol. The summed E-state index contributed by atoms with van der Waals surface area (Å²) in [7, 11) is 3.11. The van der Waals surface area contributed by atoms with Gasteiger partial charge in [0.05, 0.1) is 32.4 Å². The molecule has 1 aromatic heterocycles. The van der Waals surface area contributed by atoms with E-state index >= 15 is 0 Å². The van der Waals surface area contributed by atoms with Crippen molar-refractivity contribution in [3.8, 4) is 28.6 Å². The zero-order valence-corrected chi connectivity index (χ0v) is 18.6. The number of rotatable bonds is 9. The molecule has 0 atom stereocenters. The summed E-state index contributed by atoms with van der Waals surface area (Å²) >= 11 is 6.33. The van der Waals surface area contributed by atoms with Gasteiger partial charge in [0.2, 0.25) is 0 Å². The highest BCUT2D eigenvalue weighted by atomic mass is 35.5. The number of nitrogens with one attached hydrogen (secondary N) is 2. The number of nitrogens with zero attached hydrogens (tertiary/aromatic N) is 2. The number of carbonyl (C=O) groups excluding carboxylic acids is 1. The molecule has 0 bridgehead atoms. The minimum absolute atomic E-state index is 0.174. The van der Waals surface area contributed by atoms with E-state index in [1.54, 1.807) is 19.2 Å². The van der Waals surface area contributed by atoms with Crippen LogP contribution in [0.5, 0.6) is 17.2 Å². The van der Waals surface area contributed by atoms with E-state index in [4.69, 9.17) is 25.8 Å². The Labute approximate surface area is 185 Å². The number of halogens is 1. The normalized spacial score (nSPS) is 10.8. The van der Waals surface area contributed by atoms with Crippen molar-refractivity contribution in [3.05, 3.63) is 52.8 Å². The third kappa shape index (κ3) is 5.67. The summed E-state index contributed by atoms with van der Waals surface area (Å²) in [5.41, 5.74) is 1.19. The number of carbonyl (C=O) groups is 1. The van der Waals surface area contributed by atoms with Crippen molar-refractivity contribution in [2.75, 3.05) is 20.8 Å². The fraction of sp³-hybridized carbons (Fsp3) is 0.318. The van der Waals surface area contributed by atoms with Gasteiger partial charge in [-0.05, 0) is 42.3 Å². The number of amides is 1. The van der Waals surface area contributed by atoms with Gasteiger partial charge in [0.25, 0.3) is 5.91 Å². The summed E-state index contributed by atoms with van der Waals surface area (Å²) in [4.78, 5) is 17.0. The Morgan fingerprint density at radius 3 is 2.55 bits per heavy atom.